The molecule has 0 saturated heterocycles. The predicted molar refractivity (Wildman–Crippen MR) is 62.0 cm³/mol. The van der Waals surface area contributed by atoms with Crippen molar-refractivity contribution in [3.05, 3.63) is 23.7 Å². The highest BCUT2D eigenvalue weighted by Gasteiger charge is 2.06. The molecule has 0 aliphatic rings. The summed E-state index contributed by atoms with van der Waals surface area (Å²) in [6, 6.07) is 2.03. The normalized spacial score (nSPS) is 10.3. The third kappa shape index (κ3) is 2.55. The number of aromatic nitrogens is 2. The van der Waals surface area contributed by atoms with E-state index in [0.717, 1.165) is 5.52 Å². The molecule has 15 heavy (non-hydrogen) atoms. The highest BCUT2D eigenvalue weighted by Crippen LogP contribution is 2.18. The molecule has 0 N–H and O–H groups in total. The zero-order chi connectivity index (χ0) is 11.4. The van der Waals surface area contributed by atoms with Gasteiger partial charge < -0.3 is 4.42 Å². The van der Waals surface area contributed by atoms with Gasteiger partial charge in [0.05, 0.1) is 0 Å². The second-order valence-corrected chi connectivity index (χ2v) is 3.48. The Morgan fingerprint density at radius 2 is 1.93 bits per heavy atom. The van der Waals surface area contributed by atoms with Gasteiger partial charge in [-0.15, -0.1) is 0 Å². The average Bonchev–Trinajstić information content (AvgIpc) is 2.59. The van der Waals surface area contributed by atoms with E-state index >= 15 is 0 Å². The van der Waals surface area contributed by atoms with Crippen LogP contribution in [0.2, 0.25) is 0 Å². The summed E-state index contributed by atoms with van der Waals surface area (Å²) in [7, 11) is 0. The van der Waals surface area contributed by atoms with E-state index in [-0.39, 0.29) is 0 Å². The predicted octanol–water partition coefficient (Wildman–Crippen LogP) is 3.68. The number of hydrogen-bond acceptors (Lipinski definition) is 3. The average molecular weight is 206 g/mol. The van der Waals surface area contributed by atoms with Gasteiger partial charge in [-0.25, -0.2) is 9.97 Å². The lowest BCUT2D eigenvalue weighted by atomic mass is 10.1. The summed E-state index contributed by atoms with van der Waals surface area (Å²) in [5.74, 6) is 1.15. The Bertz CT molecular complexity index is 432. The molecule has 0 aliphatic carbocycles. The van der Waals surface area contributed by atoms with E-state index < -0.39 is 0 Å². The maximum absolute atomic E-state index is 5.28. The van der Waals surface area contributed by atoms with E-state index in [2.05, 4.69) is 23.8 Å². The quantitative estimate of drug-likeness (QED) is 0.714. The van der Waals surface area contributed by atoms with Gasteiger partial charge >= 0.3 is 0 Å². The van der Waals surface area contributed by atoms with Crippen LogP contribution in [0.5, 0.6) is 0 Å². The van der Waals surface area contributed by atoms with Crippen LogP contribution in [0.4, 0.5) is 0 Å². The second kappa shape index (κ2) is 4.91. The van der Waals surface area contributed by atoms with Crippen molar-refractivity contribution in [1.82, 2.24) is 9.97 Å². The number of pyridine rings is 1. The zero-order valence-electron chi connectivity index (χ0n) is 10.0. The van der Waals surface area contributed by atoms with E-state index in [4.69, 9.17) is 4.42 Å². The van der Waals surface area contributed by atoms with Crippen molar-refractivity contribution >= 4 is 11.2 Å². The third-order valence-electron chi connectivity index (χ3n) is 2.04. The van der Waals surface area contributed by atoms with Crippen molar-refractivity contribution in [1.29, 1.82) is 0 Å². The summed E-state index contributed by atoms with van der Waals surface area (Å²) in [6.07, 6.45) is 1.84. The summed E-state index contributed by atoms with van der Waals surface area (Å²) in [6.45, 7) is 10.1. The SMILES string of the molecule is CC.Cc1nc2cc(C(C)C)cnc2o1. The molecule has 0 aliphatic heterocycles. The molecule has 82 valence electrons. The number of nitrogens with zero attached hydrogens (tertiary/aromatic N) is 2. The molecule has 0 atom stereocenters. The molecule has 0 saturated carbocycles. The molecule has 0 radical (unpaired) electrons. The Kier molecular flexibility index (Phi) is 3.83. The molecule has 2 aromatic rings. The van der Waals surface area contributed by atoms with Crippen LogP contribution in [0.25, 0.3) is 11.2 Å². The maximum Gasteiger partial charge on any atom is 0.246 e. The first kappa shape index (κ1) is 11.7. The lowest BCUT2D eigenvalue weighted by Crippen LogP contribution is -1.88. The number of aryl methyl sites for hydroxylation is 1. The molecule has 0 unspecified atom stereocenters. The monoisotopic (exact) mass is 206 g/mol. The van der Waals surface area contributed by atoms with Crippen molar-refractivity contribution in [2.45, 2.75) is 40.5 Å². The smallest absolute Gasteiger partial charge is 0.246 e. The van der Waals surface area contributed by atoms with Crippen molar-refractivity contribution in [3.63, 3.8) is 0 Å². The van der Waals surface area contributed by atoms with E-state index in [0.29, 0.717) is 17.5 Å². The van der Waals surface area contributed by atoms with Crippen LogP contribution in [0.3, 0.4) is 0 Å². The van der Waals surface area contributed by atoms with Crippen LogP contribution < -0.4 is 0 Å². The molecule has 0 fully saturated rings. The molecular formula is C12H18N2O. The molecule has 2 rings (SSSR count). The van der Waals surface area contributed by atoms with Crippen LogP contribution in [0.15, 0.2) is 16.7 Å². The fraction of sp³-hybridized carbons (Fsp3) is 0.500. The summed E-state index contributed by atoms with van der Waals surface area (Å²) in [5, 5.41) is 0. The first-order valence-electron chi connectivity index (χ1n) is 5.40. The summed E-state index contributed by atoms with van der Waals surface area (Å²) in [4.78, 5) is 8.42. The first-order chi connectivity index (χ1) is 7.16. The third-order valence-corrected chi connectivity index (χ3v) is 2.04. The fourth-order valence-corrected chi connectivity index (χ4v) is 1.26. The molecule has 0 amide bonds. The summed E-state index contributed by atoms with van der Waals surface area (Å²) < 4.78 is 5.28. The standard InChI is InChI=1S/C10H12N2O.C2H6/c1-6(2)8-4-9-10(11-5-8)13-7(3)12-9;1-2/h4-6H,1-3H3;1-2H3. The van der Waals surface area contributed by atoms with Crippen molar-refractivity contribution in [2.24, 2.45) is 0 Å². The highest BCUT2D eigenvalue weighted by atomic mass is 16.4. The van der Waals surface area contributed by atoms with Crippen LogP contribution >= 0.6 is 0 Å². The molecule has 2 aromatic heterocycles. The van der Waals surface area contributed by atoms with Gasteiger partial charge in [-0.2, -0.15) is 0 Å². The topological polar surface area (TPSA) is 38.9 Å². The van der Waals surface area contributed by atoms with Crippen molar-refractivity contribution < 1.29 is 4.42 Å². The van der Waals surface area contributed by atoms with Gasteiger partial charge in [0.1, 0.15) is 5.52 Å². The van der Waals surface area contributed by atoms with Gasteiger partial charge in [0.15, 0.2) is 5.89 Å². The zero-order valence-corrected chi connectivity index (χ0v) is 10.0. The number of hydrogen-bond donors (Lipinski definition) is 0. The Balaban J connectivity index is 0.000000531. The minimum atomic E-state index is 0.480. The first-order valence-corrected chi connectivity index (χ1v) is 5.40. The fourth-order valence-electron chi connectivity index (χ4n) is 1.26. The van der Waals surface area contributed by atoms with E-state index in [1.54, 1.807) is 0 Å². The largest absolute Gasteiger partial charge is 0.423 e. The molecule has 3 heteroatoms. The van der Waals surface area contributed by atoms with E-state index in [9.17, 15) is 0 Å². The van der Waals surface area contributed by atoms with Crippen molar-refractivity contribution in [3.8, 4) is 0 Å². The Morgan fingerprint density at radius 3 is 2.53 bits per heavy atom. The Hall–Kier alpha value is -1.38. The van der Waals surface area contributed by atoms with E-state index in [1.165, 1.54) is 5.56 Å². The minimum Gasteiger partial charge on any atom is -0.423 e. The minimum absolute atomic E-state index is 0.480. The number of oxazole rings is 1. The maximum atomic E-state index is 5.28. The van der Waals surface area contributed by atoms with Crippen LogP contribution in [0, 0.1) is 6.92 Å². The van der Waals surface area contributed by atoms with Gasteiger partial charge in [-0.05, 0) is 17.5 Å². The van der Waals surface area contributed by atoms with Gasteiger partial charge in [0, 0.05) is 13.1 Å². The molecule has 0 bridgehead atoms. The van der Waals surface area contributed by atoms with Gasteiger partial charge in [-0.1, -0.05) is 27.7 Å². The molecular weight excluding hydrogens is 188 g/mol. The van der Waals surface area contributed by atoms with E-state index in [1.807, 2.05) is 33.0 Å². The number of fused-ring (bicyclic) bond motifs is 1. The Labute approximate surface area is 90.5 Å². The molecule has 3 nitrogen and oxygen atoms in total. The molecule has 0 aromatic carbocycles. The van der Waals surface area contributed by atoms with Gasteiger partial charge in [0.2, 0.25) is 5.71 Å². The number of rotatable bonds is 1. The second-order valence-electron chi connectivity index (χ2n) is 3.48. The lowest BCUT2D eigenvalue weighted by Gasteiger charge is -2.01. The van der Waals surface area contributed by atoms with Gasteiger partial charge in [0.25, 0.3) is 0 Å². The van der Waals surface area contributed by atoms with Crippen molar-refractivity contribution in [2.75, 3.05) is 0 Å². The van der Waals surface area contributed by atoms with Crippen LogP contribution in [0.1, 0.15) is 45.1 Å². The van der Waals surface area contributed by atoms with Crippen LogP contribution in [-0.2, 0) is 0 Å². The molecule has 0 spiro atoms. The van der Waals surface area contributed by atoms with Crippen LogP contribution in [-0.4, -0.2) is 9.97 Å². The Morgan fingerprint density at radius 1 is 1.27 bits per heavy atom. The summed E-state index contributed by atoms with van der Waals surface area (Å²) in [5.41, 5.74) is 2.67. The summed E-state index contributed by atoms with van der Waals surface area (Å²) >= 11 is 0. The molecule has 2 heterocycles. The van der Waals surface area contributed by atoms with Gasteiger partial charge in [-0.3, -0.25) is 0 Å². The highest BCUT2D eigenvalue weighted by molar-refractivity contribution is 5.68. The lowest BCUT2D eigenvalue weighted by molar-refractivity contribution is 0.551.